The van der Waals surface area contributed by atoms with Gasteiger partial charge in [-0.25, -0.2) is 4.68 Å². The largest absolute Gasteiger partial charge is 0.383 e. The zero-order valence-corrected chi connectivity index (χ0v) is 12.1. The zero-order valence-electron chi connectivity index (χ0n) is 12.1. The average molecular weight is 277 g/mol. The Hall–Kier alpha value is -1.20. The summed E-state index contributed by atoms with van der Waals surface area (Å²) in [5.41, 5.74) is 1.11. The van der Waals surface area contributed by atoms with Gasteiger partial charge in [0.25, 0.3) is 5.56 Å². The lowest BCUT2D eigenvalue weighted by Gasteiger charge is -2.24. The smallest absolute Gasteiger partial charge is 0.266 e. The Balaban J connectivity index is 1.69. The maximum absolute atomic E-state index is 12.0. The Kier molecular flexibility index (Phi) is 4.17. The third-order valence-electron chi connectivity index (χ3n) is 4.35. The Morgan fingerprint density at radius 3 is 2.95 bits per heavy atom. The van der Waals surface area contributed by atoms with Crippen molar-refractivity contribution in [1.82, 2.24) is 14.7 Å². The fourth-order valence-corrected chi connectivity index (χ4v) is 3.00. The van der Waals surface area contributed by atoms with E-state index in [-0.39, 0.29) is 5.56 Å². The topological polar surface area (TPSA) is 47.4 Å². The fraction of sp³-hybridized carbons (Fsp3) is 0.733. The van der Waals surface area contributed by atoms with Gasteiger partial charge < -0.3 is 4.74 Å². The summed E-state index contributed by atoms with van der Waals surface area (Å²) in [6.45, 7) is 3.51. The van der Waals surface area contributed by atoms with E-state index in [1.807, 2.05) is 6.07 Å². The van der Waals surface area contributed by atoms with Crippen molar-refractivity contribution < 1.29 is 4.74 Å². The quantitative estimate of drug-likeness (QED) is 0.785. The molecule has 20 heavy (non-hydrogen) atoms. The number of rotatable bonds is 6. The molecule has 1 unspecified atom stereocenters. The summed E-state index contributed by atoms with van der Waals surface area (Å²) in [5.74, 6) is 0.593. The fourth-order valence-electron chi connectivity index (χ4n) is 3.00. The summed E-state index contributed by atoms with van der Waals surface area (Å²) in [4.78, 5) is 14.4. The lowest BCUT2D eigenvalue weighted by Crippen LogP contribution is -2.38. The molecule has 1 saturated heterocycles. The predicted octanol–water partition coefficient (Wildman–Crippen LogP) is 1.23. The van der Waals surface area contributed by atoms with Crippen LogP contribution in [0.4, 0.5) is 0 Å². The standard InChI is InChI=1S/C15H23N3O2/c1-20-10-9-17-8-2-3-13(17)11-18-15(19)7-6-14(16-18)12-4-5-12/h6-7,12-13H,2-5,8-11H2,1H3. The van der Waals surface area contributed by atoms with Crippen molar-refractivity contribution >= 4 is 0 Å². The molecular weight excluding hydrogens is 254 g/mol. The first-order valence-electron chi connectivity index (χ1n) is 7.59. The molecule has 1 aliphatic heterocycles. The molecule has 1 aromatic rings. The van der Waals surface area contributed by atoms with E-state index in [0.29, 0.717) is 18.5 Å². The summed E-state index contributed by atoms with van der Waals surface area (Å²) in [6, 6.07) is 3.99. The van der Waals surface area contributed by atoms with E-state index in [9.17, 15) is 4.79 Å². The van der Waals surface area contributed by atoms with E-state index in [4.69, 9.17) is 4.74 Å². The highest BCUT2D eigenvalue weighted by Crippen LogP contribution is 2.38. The molecule has 110 valence electrons. The molecule has 0 amide bonds. The van der Waals surface area contributed by atoms with Crippen LogP contribution in [-0.4, -0.2) is 47.5 Å². The number of hydrogen-bond acceptors (Lipinski definition) is 4. The van der Waals surface area contributed by atoms with Crippen molar-refractivity contribution in [2.24, 2.45) is 0 Å². The first kappa shape index (κ1) is 13.8. The van der Waals surface area contributed by atoms with Crippen LogP contribution in [0.3, 0.4) is 0 Å². The molecule has 3 rings (SSSR count). The maximum atomic E-state index is 12.0. The molecule has 1 atom stereocenters. The van der Waals surface area contributed by atoms with Crippen LogP contribution < -0.4 is 5.56 Å². The second-order valence-corrected chi connectivity index (χ2v) is 5.88. The Morgan fingerprint density at radius 2 is 2.20 bits per heavy atom. The molecule has 2 heterocycles. The summed E-state index contributed by atoms with van der Waals surface area (Å²) >= 11 is 0. The Labute approximate surface area is 119 Å². The van der Waals surface area contributed by atoms with Crippen molar-refractivity contribution in [2.45, 2.75) is 44.2 Å². The number of likely N-dealkylation sites (tertiary alicyclic amines) is 1. The average Bonchev–Trinajstić information content (AvgIpc) is 3.21. The molecule has 1 aliphatic carbocycles. The monoisotopic (exact) mass is 277 g/mol. The van der Waals surface area contributed by atoms with Gasteiger partial charge in [0.2, 0.25) is 0 Å². The minimum atomic E-state index is 0.0213. The van der Waals surface area contributed by atoms with Crippen LogP contribution in [0, 0.1) is 0 Å². The highest BCUT2D eigenvalue weighted by atomic mass is 16.5. The zero-order chi connectivity index (χ0) is 13.9. The van der Waals surface area contributed by atoms with Gasteiger partial charge in [0, 0.05) is 31.7 Å². The maximum Gasteiger partial charge on any atom is 0.266 e. The van der Waals surface area contributed by atoms with Gasteiger partial charge in [-0.05, 0) is 38.3 Å². The summed E-state index contributed by atoms with van der Waals surface area (Å²) in [7, 11) is 1.73. The van der Waals surface area contributed by atoms with Crippen molar-refractivity contribution in [3.63, 3.8) is 0 Å². The van der Waals surface area contributed by atoms with Crippen molar-refractivity contribution in [2.75, 3.05) is 26.8 Å². The number of hydrogen-bond donors (Lipinski definition) is 0. The molecule has 0 bridgehead atoms. The van der Waals surface area contributed by atoms with Crippen LogP contribution in [0.2, 0.25) is 0 Å². The van der Waals surface area contributed by atoms with E-state index < -0.39 is 0 Å². The molecule has 2 fully saturated rings. The lowest BCUT2D eigenvalue weighted by molar-refractivity contribution is 0.133. The van der Waals surface area contributed by atoms with Crippen molar-refractivity contribution in [3.8, 4) is 0 Å². The number of methoxy groups -OCH3 is 1. The SMILES string of the molecule is COCCN1CCCC1Cn1nc(C2CC2)ccc1=O. The number of nitrogens with zero attached hydrogens (tertiary/aromatic N) is 3. The van der Waals surface area contributed by atoms with Crippen molar-refractivity contribution in [3.05, 3.63) is 28.2 Å². The normalized spacial score (nSPS) is 23.4. The Morgan fingerprint density at radius 1 is 1.35 bits per heavy atom. The highest BCUT2D eigenvalue weighted by molar-refractivity contribution is 5.12. The van der Waals surface area contributed by atoms with Gasteiger partial charge in [-0.3, -0.25) is 9.69 Å². The van der Waals surface area contributed by atoms with E-state index in [2.05, 4.69) is 10.00 Å². The van der Waals surface area contributed by atoms with Crippen LogP contribution in [0.5, 0.6) is 0 Å². The van der Waals surface area contributed by atoms with Crippen molar-refractivity contribution in [1.29, 1.82) is 0 Å². The molecule has 1 saturated carbocycles. The second kappa shape index (κ2) is 6.06. The summed E-state index contributed by atoms with van der Waals surface area (Å²) in [5, 5.41) is 4.56. The molecule has 0 N–H and O–H groups in total. The molecule has 2 aliphatic rings. The van der Waals surface area contributed by atoms with E-state index in [1.165, 1.54) is 19.3 Å². The van der Waals surface area contributed by atoms with E-state index in [1.54, 1.807) is 17.9 Å². The molecular formula is C15H23N3O2. The highest BCUT2D eigenvalue weighted by Gasteiger charge is 2.27. The molecule has 1 aromatic heterocycles. The van der Waals surface area contributed by atoms with E-state index in [0.717, 1.165) is 31.8 Å². The first-order chi connectivity index (χ1) is 9.78. The summed E-state index contributed by atoms with van der Waals surface area (Å²) in [6.07, 6.45) is 4.78. The molecule has 5 nitrogen and oxygen atoms in total. The molecule has 5 heteroatoms. The van der Waals surface area contributed by atoms with Crippen LogP contribution in [0.25, 0.3) is 0 Å². The van der Waals surface area contributed by atoms with Gasteiger partial charge in [-0.1, -0.05) is 0 Å². The van der Waals surface area contributed by atoms with E-state index >= 15 is 0 Å². The lowest BCUT2D eigenvalue weighted by atomic mass is 10.2. The first-order valence-corrected chi connectivity index (χ1v) is 7.59. The molecule has 0 radical (unpaired) electrons. The van der Waals surface area contributed by atoms with Gasteiger partial charge in [0.15, 0.2) is 0 Å². The molecule has 0 spiro atoms. The predicted molar refractivity (Wildman–Crippen MR) is 76.9 cm³/mol. The second-order valence-electron chi connectivity index (χ2n) is 5.88. The summed E-state index contributed by atoms with van der Waals surface area (Å²) < 4.78 is 6.83. The minimum absolute atomic E-state index is 0.0213. The van der Waals surface area contributed by atoms with Crippen LogP contribution in [0.15, 0.2) is 16.9 Å². The van der Waals surface area contributed by atoms with Gasteiger partial charge in [-0.15, -0.1) is 0 Å². The minimum Gasteiger partial charge on any atom is -0.383 e. The molecule has 0 aromatic carbocycles. The van der Waals surface area contributed by atoms with Crippen LogP contribution in [0.1, 0.15) is 37.3 Å². The van der Waals surface area contributed by atoms with Gasteiger partial charge in [-0.2, -0.15) is 5.10 Å². The van der Waals surface area contributed by atoms with Crippen LogP contribution in [-0.2, 0) is 11.3 Å². The number of aromatic nitrogens is 2. The van der Waals surface area contributed by atoms with Gasteiger partial charge >= 0.3 is 0 Å². The van der Waals surface area contributed by atoms with Gasteiger partial charge in [0.1, 0.15) is 0 Å². The third kappa shape index (κ3) is 3.10. The van der Waals surface area contributed by atoms with Crippen LogP contribution >= 0.6 is 0 Å². The Bertz CT molecular complexity index is 510. The number of ether oxygens (including phenoxy) is 1. The van der Waals surface area contributed by atoms with Gasteiger partial charge in [0.05, 0.1) is 18.8 Å². The third-order valence-corrected chi connectivity index (χ3v) is 4.35.